The van der Waals surface area contributed by atoms with E-state index in [2.05, 4.69) is 4.99 Å². The fourth-order valence-corrected chi connectivity index (χ4v) is 1.71. The van der Waals surface area contributed by atoms with Crippen LogP contribution in [-0.4, -0.2) is 20.3 Å². The SMILES string of the molecule is COc1c(C)cc(CN=C=O)c(C)c1OC. The summed E-state index contributed by atoms with van der Waals surface area (Å²) in [7, 11) is 3.20. The molecule has 0 radical (unpaired) electrons. The van der Waals surface area contributed by atoms with Crippen molar-refractivity contribution in [3.8, 4) is 11.5 Å². The van der Waals surface area contributed by atoms with Crippen LogP contribution in [0.1, 0.15) is 16.7 Å². The predicted octanol–water partition coefficient (Wildman–Crippen LogP) is 2.16. The van der Waals surface area contributed by atoms with Crippen molar-refractivity contribution in [2.45, 2.75) is 20.4 Å². The van der Waals surface area contributed by atoms with Crippen LogP contribution in [0.3, 0.4) is 0 Å². The van der Waals surface area contributed by atoms with E-state index < -0.39 is 0 Å². The Labute approximate surface area is 94.9 Å². The van der Waals surface area contributed by atoms with E-state index in [0.29, 0.717) is 12.3 Å². The molecule has 0 amide bonds. The van der Waals surface area contributed by atoms with Crippen LogP contribution in [0.15, 0.2) is 11.1 Å². The highest BCUT2D eigenvalue weighted by Gasteiger charge is 2.14. The first-order chi connectivity index (χ1) is 7.65. The van der Waals surface area contributed by atoms with Crippen molar-refractivity contribution < 1.29 is 14.3 Å². The predicted molar refractivity (Wildman–Crippen MR) is 60.8 cm³/mol. The summed E-state index contributed by atoms with van der Waals surface area (Å²) in [5.41, 5.74) is 2.84. The highest BCUT2D eigenvalue weighted by atomic mass is 16.5. The van der Waals surface area contributed by atoms with Crippen LogP contribution in [0.4, 0.5) is 0 Å². The first-order valence-corrected chi connectivity index (χ1v) is 4.90. The molecule has 0 aliphatic carbocycles. The van der Waals surface area contributed by atoms with Gasteiger partial charge >= 0.3 is 0 Å². The van der Waals surface area contributed by atoms with Gasteiger partial charge in [-0.2, -0.15) is 0 Å². The van der Waals surface area contributed by atoms with Crippen LogP contribution in [0.5, 0.6) is 11.5 Å². The van der Waals surface area contributed by atoms with E-state index in [4.69, 9.17) is 9.47 Å². The summed E-state index contributed by atoms with van der Waals surface area (Å²) in [4.78, 5) is 13.7. The third-order valence-corrected chi connectivity index (χ3v) is 2.50. The van der Waals surface area contributed by atoms with E-state index in [1.807, 2.05) is 19.9 Å². The number of hydrogen-bond acceptors (Lipinski definition) is 4. The maximum atomic E-state index is 10.1. The number of isocyanates is 1. The van der Waals surface area contributed by atoms with Crippen LogP contribution in [0, 0.1) is 13.8 Å². The van der Waals surface area contributed by atoms with E-state index in [1.165, 1.54) is 6.08 Å². The lowest BCUT2D eigenvalue weighted by atomic mass is 10.0. The molecule has 1 aromatic carbocycles. The second-order valence-corrected chi connectivity index (χ2v) is 3.45. The van der Waals surface area contributed by atoms with Crippen LogP contribution in [0.2, 0.25) is 0 Å². The minimum absolute atomic E-state index is 0.316. The number of carbonyl (C=O) groups excluding carboxylic acids is 1. The fourth-order valence-electron chi connectivity index (χ4n) is 1.71. The maximum Gasteiger partial charge on any atom is 0.235 e. The van der Waals surface area contributed by atoms with Crippen molar-refractivity contribution in [3.05, 3.63) is 22.8 Å². The molecule has 0 bridgehead atoms. The molecule has 0 aliphatic heterocycles. The molecule has 0 aliphatic rings. The molecule has 16 heavy (non-hydrogen) atoms. The molecular formula is C12H15NO3. The lowest BCUT2D eigenvalue weighted by Gasteiger charge is -2.15. The number of aliphatic imine (C=N–C) groups is 1. The van der Waals surface area contributed by atoms with E-state index in [9.17, 15) is 4.79 Å². The first kappa shape index (κ1) is 12.3. The van der Waals surface area contributed by atoms with Crippen LogP contribution in [-0.2, 0) is 11.3 Å². The average molecular weight is 221 g/mol. The maximum absolute atomic E-state index is 10.1. The van der Waals surface area contributed by atoms with Gasteiger partial charge in [0.1, 0.15) is 0 Å². The second kappa shape index (κ2) is 5.33. The zero-order valence-corrected chi connectivity index (χ0v) is 9.96. The monoisotopic (exact) mass is 221 g/mol. The third-order valence-electron chi connectivity index (χ3n) is 2.50. The Morgan fingerprint density at radius 2 is 1.88 bits per heavy atom. The average Bonchev–Trinajstić information content (AvgIpc) is 2.29. The van der Waals surface area contributed by atoms with Gasteiger partial charge in [0, 0.05) is 0 Å². The summed E-state index contributed by atoms with van der Waals surface area (Å²) in [5, 5.41) is 0. The molecule has 0 saturated heterocycles. The van der Waals surface area contributed by atoms with Crippen molar-refractivity contribution in [3.63, 3.8) is 0 Å². The molecule has 0 aromatic heterocycles. The summed E-state index contributed by atoms with van der Waals surface area (Å²) >= 11 is 0. The van der Waals surface area contributed by atoms with Gasteiger partial charge in [0.2, 0.25) is 6.08 Å². The molecule has 1 aromatic rings. The molecular weight excluding hydrogens is 206 g/mol. The van der Waals surface area contributed by atoms with Crippen LogP contribution >= 0.6 is 0 Å². The Balaban J connectivity index is 3.33. The number of ether oxygens (including phenoxy) is 2. The lowest BCUT2D eigenvalue weighted by Crippen LogP contribution is -1.99. The lowest BCUT2D eigenvalue weighted by molar-refractivity contribution is 0.350. The standard InChI is InChI=1S/C12H15NO3/c1-8-5-10(6-13-7-14)9(2)12(16-4)11(8)15-3/h5H,6H2,1-4H3. The normalized spacial score (nSPS) is 9.50. The number of hydrogen-bond donors (Lipinski definition) is 0. The van der Waals surface area contributed by atoms with E-state index in [0.717, 1.165) is 22.4 Å². The van der Waals surface area contributed by atoms with Gasteiger partial charge in [-0.25, -0.2) is 9.79 Å². The van der Waals surface area contributed by atoms with E-state index in [-0.39, 0.29) is 0 Å². The van der Waals surface area contributed by atoms with Crippen LogP contribution in [0.25, 0.3) is 0 Å². The minimum atomic E-state index is 0.316. The van der Waals surface area contributed by atoms with Gasteiger partial charge in [0.05, 0.1) is 20.8 Å². The Bertz CT molecular complexity index is 434. The number of rotatable bonds is 4. The summed E-state index contributed by atoms with van der Waals surface area (Å²) in [6, 6.07) is 1.94. The molecule has 0 unspecified atom stereocenters. The smallest absolute Gasteiger partial charge is 0.235 e. The Morgan fingerprint density at radius 1 is 1.25 bits per heavy atom. The van der Waals surface area contributed by atoms with Gasteiger partial charge in [-0.3, -0.25) is 0 Å². The first-order valence-electron chi connectivity index (χ1n) is 4.90. The molecule has 0 N–H and O–H groups in total. The van der Waals surface area contributed by atoms with Crippen LogP contribution < -0.4 is 9.47 Å². The Hall–Kier alpha value is -1.80. The highest BCUT2D eigenvalue weighted by Crippen LogP contribution is 2.36. The molecule has 0 heterocycles. The number of nitrogens with zero attached hydrogens (tertiary/aromatic N) is 1. The summed E-state index contributed by atoms with van der Waals surface area (Å²) in [6.07, 6.45) is 1.53. The van der Waals surface area contributed by atoms with Gasteiger partial charge in [-0.05, 0) is 36.6 Å². The summed E-state index contributed by atoms with van der Waals surface area (Å²) in [5.74, 6) is 1.41. The van der Waals surface area contributed by atoms with Crippen molar-refractivity contribution in [2.24, 2.45) is 4.99 Å². The second-order valence-electron chi connectivity index (χ2n) is 3.45. The summed E-state index contributed by atoms with van der Waals surface area (Å²) < 4.78 is 10.6. The third kappa shape index (κ3) is 2.23. The number of aryl methyl sites for hydroxylation is 1. The number of methoxy groups -OCH3 is 2. The largest absolute Gasteiger partial charge is 0.493 e. The van der Waals surface area contributed by atoms with Crippen molar-refractivity contribution >= 4 is 6.08 Å². The van der Waals surface area contributed by atoms with Crippen molar-refractivity contribution in [1.82, 2.24) is 0 Å². The van der Waals surface area contributed by atoms with Gasteiger partial charge in [-0.1, -0.05) is 0 Å². The van der Waals surface area contributed by atoms with E-state index >= 15 is 0 Å². The van der Waals surface area contributed by atoms with Gasteiger partial charge in [-0.15, -0.1) is 0 Å². The van der Waals surface area contributed by atoms with Gasteiger partial charge in [0.15, 0.2) is 11.5 Å². The summed E-state index contributed by atoms with van der Waals surface area (Å²) in [6.45, 7) is 4.15. The molecule has 4 nitrogen and oxygen atoms in total. The molecule has 0 spiro atoms. The molecule has 0 fully saturated rings. The topological polar surface area (TPSA) is 47.9 Å². The molecule has 4 heteroatoms. The quantitative estimate of drug-likeness (QED) is 0.578. The van der Waals surface area contributed by atoms with Gasteiger partial charge in [0.25, 0.3) is 0 Å². The molecule has 0 atom stereocenters. The van der Waals surface area contributed by atoms with Gasteiger partial charge < -0.3 is 9.47 Å². The molecule has 86 valence electrons. The zero-order valence-electron chi connectivity index (χ0n) is 9.96. The van der Waals surface area contributed by atoms with E-state index in [1.54, 1.807) is 14.2 Å². The zero-order chi connectivity index (χ0) is 12.1. The number of benzene rings is 1. The molecule has 1 rings (SSSR count). The van der Waals surface area contributed by atoms with Crippen molar-refractivity contribution in [2.75, 3.05) is 14.2 Å². The van der Waals surface area contributed by atoms with Crippen molar-refractivity contribution in [1.29, 1.82) is 0 Å². The molecule has 0 saturated carbocycles. The highest BCUT2D eigenvalue weighted by molar-refractivity contribution is 5.55. The fraction of sp³-hybridized carbons (Fsp3) is 0.417. The minimum Gasteiger partial charge on any atom is -0.493 e. The Kier molecular flexibility index (Phi) is 4.09. The Morgan fingerprint density at radius 3 is 2.38 bits per heavy atom.